The maximum atomic E-state index is 9.89. The second-order valence-electron chi connectivity index (χ2n) is 3.70. The molecule has 1 aromatic rings. The highest BCUT2D eigenvalue weighted by molar-refractivity contribution is 5.62. The van der Waals surface area contributed by atoms with Crippen LogP contribution in [0, 0.1) is 17.2 Å². The van der Waals surface area contributed by atoms with Crippen LogP contribution >= 0.6 is 0 Å². The Morgan fingerprint density at radius 1 is 1.25 bits per heavy atom. The average molecular weight is 221 g/mol. The molecule has 0 aromatic heterocycles. The fourth-order valence-corrected chi connectivity index (χ4v) is 1.46. The van der Waals surface area contributed by atoms with Gasteiger partial charge in [-0.25, -0.2) is 0 Å². The highest BCUT2D eigenvalue weighted by atomic mass is 16.3. The van der Waals surface area contributed by atoms with Gasteiger partial charge in [-0.05, 0) is 19.1 Å². The van der Waals surface area contributed by atoms with Crippen LogP contribution in [0.5, 0.6) is 0 Å². The Kier molecular flexibility index (Phi) is 3.72. The number of aliphatic hydroxyl groups is 2. The summed E-state index contributed by atoms with van der Waals surface area (Å²) in [6.45, 7) is 1.52. The van der Waals surface area contributed by atoms with Crippen molar-refractivity contribution in [1.29, 1.82) is 5.26 Å². The van der Waals surface area contributed by atoms with Gasteiger partial charge in [-0.15, -0.1) is 0 Å². The number of anilines is 2. The molecule has 1 rings (SSSR count). The van der Waals surface area contributed by atoms with E-state index in [1.807, 2.05) is 6.07 Å². The van der Waals surface area contributed by atoms with Crippen molar-refractivity contribution in [1.82, 2.24) is 0 Å². The summed E-state index contributed by atoms with van der Waals surface area (Å²) < 4.78 is 0. The molecule has 0 aliphatic carbocycles. The molecule has 0 bridgehead atoms. The Bertz CT molecular complexity index is 394. The van der Waals surface area contributed by atoms with Crippen LogP contribution in [0.25, 0.3) is 0 Å². The lowest BCUT2D eigenvalue weighted by atomic mass is 9.94. The van der Waals surface area contributed by atoms with E-state index in [1.54, 1.807) is 18.2 Å². The van der Waals surface area contributed by atoms with Gasteiger partial charge < -0.3 is 21.7 Å². The van der Waals surface area contributed by atoms with Gasteiger partial charge >= 0.3 is 0 Å². The Balaban J connectivity index is 3.06. The molecule has 0 aliphatic heterocycles. The Morgan fingerprint density at radius 3 is 2.19 bits per heavy atom. The van der Waals surface area contributed by atoms with E-state index in [1.165, 1.54) is 6.92 Å². The van der Waals surface area contributed by atoms with Crippen molar-refractivity contribution < 1.29 is 10.2 Å². The molecule has 3 atom stereocenters. The zero-order valence-electron chi connectivity index (χ0n) is 8.96. The van der Waals surface area contributed by atoms with Crippen LogP contribution in [0.3, 0.4) is 0 Å². The maximum Gasteiger partial charge on any atom is 0.110 e. The molecule has 6 N–H and O–H groups in total. The molecule has 5 heteroatoms. The molecule has 16 heavy (non-hydrogen) atoms. The second kappa shape index (κ2) is 4.84. The minimum Gasteiger partial charge on any atom is -0.398 e. The predicted octanol–water partition coefficient (Wildman–Crippen LogP) is 0.405. The number of benzene rings is 1. The van der Waals surface area contributed by atoms with Crippen LogP contribution in [0.15, 0.2) is 18.2 Å². The molecule has 0 saturated heterocycles. The number of hydrogen-bond acceptors (Lipinski definition) is 5. The summed E-state index contributed by atoms with van der Waals surface area (Å²) in [6, 6.07) is 6.68. The van der Waals surface area contributed by atoms with Crippen molar-refractivity contribution >= 4 is 11.4 Å². The van der Waals surface area contributed by atoms with Gasteiger partial charge in [-0.2, -0.15) is 5.26 Å². The number of nitrogens with two attached hydrogens (primary N) is 2. The van der Waals surface area contributed by atoms with Crippen LogP contribution in [0.1, 0.15) is 18.6 Å². The van der Waals surface area contributed by atoms with Gasteiger partial charge in [-0.1, -0.05) is 6.07 Å². The summed E-state index contributed by atoms with van der Waals surface area (Å²) in [7, 11) is 0. The van der Waals surface area contributed by atoms with Crippen molar-refractivity contribution in [2.45, 2.75) is 19.1 Å². The van der Waals surface area contributed by atoms with Crippen molar-refractivity contribution in [3.63, 3.8) is 0 Å². The maximum absolute atomic E-state index is 9.89. The normalized spacial score (nSPS) is 16.1. The largest absolute Gasteiger partial charge is 0.398 e. The number of hydrogen-bond donors (Lipinski definition) is 4. The minimum absolute atomic E-state index is 0.275. The lowest BCUT2D eigenvalue weighted by molar-refractivity contribution is -0.0000997. The molecule has 0 saturated carbocycles. The number of nitriles is 1. The lowest BCUT2D eigenvalue weighted by Gasteiger charge is -2.22. The molecular weight excluding hydrogens is 206 g/mol. The van der Waals surface area contributed by atoms with E-state index in [9.17, 15) is 10.2 Å². The first-order valence-electron chi connectivity index (χ1n) is 4.88. The molecule has 5 nitrogen and oxygen atoms in total. The van der Waals surface area contributed by atoms with E-state index in [0.717, 1.165) is 0 Å². The summed E-state index contributed by atoms with van der Waals surface area (Å²) in [5.74, 6) is -0.700. The second-order valence-corrected chi connectivity index (χ2v) is 3.70. The summed E-state index contributed by atoms with van der Waals surface area (Å²) >= 11 is 0. The molecular formula is C11H15N3O2. The first-order valence-corrected chi connectivity index (χ1v) is 4.88. The average Bonchev–Trinajstić information content (AvgIpc) is 2.26. The van der Waals surface area contributed by atoms with Gasteiger partial charge in [0.1, 0.15) is 6.10 Å². The molecule has 0 aliphatic rings. The van der Waals surface area contributed by atoms with Crippen LogP contribution in [0.4, 0.5) is 11.4 Å². The van der Waals surface area contributed by atoms with Crippen molar-refractivity contribution in [2.24, 2.45) is 5.92 Å². The molecule has 0 heterocycles. The van der Waals surface area contributed by atoms with E-state index in [4.69, 9.17) is 16.7 Å². The fourth-order valence-electron chi connectivity index (χ4n) is 1.46. The third-order valence-electron chi connectivity index (χ3n) is 2.51. The Morgan fingerprint density at radius 2 is 1.75 bits per heavy atom. The highest BCUT2D eigenvalue weighted by Crippen LogP contribution is 2.30. The molecule has 86 valence electrons. The minimum atomic E-state index is -1.25. The van der Waals surface area contributed by atoms with Gasteiger partial charge in [0.2, 0.25) is 0 Å². The van der Waals surface area contributed by atoms with Crippen LogP contribution < -0.4 is 11.5 Å². The Labute approximate surface area is 93.9 Å². The van der Waals surface area contributed by atoms with E-state index < -0.39 is 18.1 Å². The summed E-state index contributed by atoms with van der Waals surface area (Å²) in [4.78, 5) is 0. The Hall–Kier alpha value is -1.77. The number of rotatable bonds is 3. The zero-order chi connectivity index (χ0) is 12.3. The zero-order valence-corrected chi connectivity index (χ0v) is 8.96. The number of aliphatic hydroxyl groups excluding tert-OH is 2. The van der Waals surface area contributed by atoms with Gasteiger partial charge in [0.25, 0.3) is 0 Å². The van der Waals surface area contributed by atoms with Crippen LogP contribution in [-0.2, 0) is 0 Å². The predicted molar refractivity (Wildman–Crippen MR) is 61.0 cm³/mol. The first-order chi connectivity index (χ1) is 7.49. The lowest BCUT2D eigenvalue weighted by Crippen LogP contribution is -2.26. The quantitative estimate of drug-likeness (QED) is 0.551. The van der Waals surface area contributed by atoms with Crippen molar-refractivity contribution in [2.75, 3.05) is 11.5 Å². The molecule has 1 unspecified atom stereocenters. The standard InChI is InChI=1S/C11H15N3O2/c1-6(5-12)10(15)11(16)9-7(13)3-2-4-8(9)14/h2-4,6,10-11,15-16H,13-14H2,1H3/t6?,10-,11-/m0/s1. The molecule has 0 spiro atoms. The molecule has 0 fully saturated rings. The van der Waals surface area contributed by atoms with Gasteiger partial charge in [0.05, 0.1) is 18.1 Å². The number of nitrogens with zero attached hydrogens (tertiary/aromatic N) is 1. The molecule has 0 radical (unpaired) electrons. The summed E-state index contributed by atoms with van der Waals surface area (Å²) in [5.41, 5.74) is 12.2. The van der Waals surface area contributed by atoms with Crippen LogP contribution in [0.2, 0.25) is 0 Å². The third kappa shape index (κ3) is 2.24. The summed E-state index contributed by atoms with van der Waals surface area (Å²) in [6.07, 6.45) is -2.46. The monoisotopic (exact) mass is 221 g/mol. The summed E-state index contributed by atoms with van der Waals surface area (Å²) in [5, 5.41) is 28.3. The highest BCUT2D eigenvalue weighted by Gasteiger charge is 2.27. The van der Waals surface area contributed by atoms with Gasteiger partial charge in [0.15, 0.2) is 0 Å². The van der Waals surface area contributed by atoms with Gasteiger partial charge in [-0.3, -0.25) is 0 Å². The van der Waals surface area contributed by atoms with Crippen molar-refractivity contribution in [3.8, 4) is 6.07 Å². The van der Waals surface area contributed by atoms with Crippen molar-refractivity contribution in [3.05, 3.63) is 23.8 Å². The first kappa shape index (κ1) is 12.3. The van der Waals surface area contributed by atoms with E-state index in [0.29, 0.717) is 11.4 Å². The molecule has 0 amide bonds. The fraction of sp³-hybridized carbons (Fsp3) is 0.364. The van der Waals surface area contributed by atoms with E-state index in [-0.39, 0.29) is 5.56 Å². The van der Waals surface area contributed by atoms with Gasteiger partial charge in [0, 0.05) is 16.9 Å². The smallest absolute Gasteiger partial charge is 0.110 e. The van der Waals surface area contributed by atoms with E-state index in [2.05, 4.69) is 0 Å². The SMILES string of the molecule is CC(C#N)[C@H](O)[C@@H](O)c1c(N)cccc1N. The third-order valence-corrected chi connectivity index (χ3v) is 2.51. The molecule has 1 aromatic carbocycles. The topological polar surface area (TPSA) is 116 Å². The number of nitrogen functional groups attached to an aromatic ring is 2. The van der Waals surface area contributed by atoms with E-state index >= 15 is 0 Å². The van der Waals surface area contributed by atoms with Crippen LogP contribution in [-0.4, -0.2) is 16.3 Å².